The molecule has 0 spiro atoms. The van der Waals surface area contributed by atoms with Crippen LogP contribution in [0.4, 0.5) is 0 Å². The zero-order valence-electron chi connectivity index (χ0n) is 19.6. The van der Waals surface area contributed by atoms with E-state index in [4.69, 9.17) is 0 Å². The fraction of sp³-hybridized carbons (Fsp3) is 0.267. The molecule has 4 heterocycles. The predicted octanol–water partition coefficient (Wildman–Crippen LogP) is 11.8. The van der Waals surface area contributed by atoms with Crippen LogP contribution in [0.15, 0.2) is 59.3 Å². The van der Waals surface area contributed by atoms with Crippen LogP contribution in [0.2, 0.25) is 0 Å². The molecule has 0 nitrogen and oxygen atoms in total. The number of thiophene rings is 4. The molecule has 0 N–H and O–H groups in total. The number of fused-ring (bicyclic) bond motifs is 6. The minimum absolute atomic E-state index is 1.16. The highest BCUT2D eigenvalue weighted by atomic mass is 32.1. The topological polar surface area (TPSA) is 0 Å². The van der Waals surface area contributed by atoms with Gasteiger partial charge in [0.05, 0.1) is 0 Å². The van der Waals surface area contributed by atoms with Crippen molar-refractivity contribution in [3.05, 3.63) is 69.0 Å². The molecule has 6 aromatic rings. The van der Waals surface area contributed by atoms with Crippen LogP contribution in [0.1, 0.15) is 62.1 Å². The van der Waals surface area contributed by atoms with Crippen LogP contribution in [0.3, 0.4) is 0 Å². The van der Waals surface area contributed by atoms with Crippen molar-refractivity contribution in [2.24, 2.45) is 0 Å². The van der Waals surface area contributed by atoms with E-state index in [1.807, 2.05) is 45.3 Å². The molecule has 2 aromatic carbocycles. The Labute approximate surface area is 217 Å². The molecule has 0 radical (unpaired) electrons. The summed E-state index contributed by atoms with van der Waals surface area (Å²) in [5.41, 5.74) is 3.18. The Morgan fingerprint density at radius 3 is 1.44 bits per heavy atom. The minimum Gasteiger partial charge on any atom is -0.144 e. The van der Waals surface area contributed by atoms with Gasteiger partial charge in [-0.25, -0.2) is 0 Å². The van der Waals surface area contributed by atoms with Crippen molar-refractivity contribution in [3.8, 4) is 0 Å². The summed E-state index contributed by atoms with van der Waals surface area (Å²) < 4.78 is 5.62. The lowest BCUT2D eigenvalue weighted by molar-refractivity contribution is 0.810. The predicted molar refractivity (Wildman–Crippen MR) is 160 cm³/mol. The zero-order valence-corrected chi connectivity index (χ0v) is 22.9. The third kappa shape index (κ3) is 3.95. The van der Waals surface area contributed by atoms with Gasteiger partial charge in [0, 0.05) is 50.1 Å². The molecule has 0 saturated heterocycles. The smallest absolute Gasteiger partial charge is 0.0356 e. The molecule has 4 aromatic heterocycles. The molecule has 34 heavy (non-hydrogen) atoms. The minimum atomic E-state index is 1.16. The second kappa shape index (κ2) is 9.58. The summed E-state index contributed by atoms with van der Waals surface area (Å²) in [5, 5.41) is 10.1. The van der Waals surface area contributed by atoms with E-state index in [2.05, 4.69) is 73.1 Å². The molecule has 0 fully saturated rings. The van der Waals surface area contributed by atoms with Gasteiger partial charge in [-0.15, -0.1) is 45.3 Å². The van der Waals surface area contributed by atoms with Gasteiger partial charge in [-0.05, 0) is 96.1 Å². The van der Waals surface area contributed by atoms with Crippen LogP contribution in [0.25, 0.3) is 51.5 Å². The zero-order chi connectivity index (χ0) is 23.1. The second-order valence-corrected chi connectivity index (χ2v) is 13.1. The highest BCUT2D eigenvalue weighted by Gasteiger charge is 2.18. The molecule has 4 heteroatoms. The van der Waals surface area contributed by atoms with Crippen molar-refractivity contribution >= 4 is 96.8 Å². The van der Waals surface area contributed by atoms with Crippen LogP contribution < -0.4 is 0 Å². The first-order valence-electron chi connectivity index (χ1n) is 12.3. The molecule has 0 atom stereocenters. The van der Waals surface area contributed by atoms with E-state index >= 15 is 0 Å². The average Bonchev–Trinajstić information content (AvgIpc) is 3.64. The molecule has 0 aliphatic rings. The maximum Gasteiger partial charge on any atom is 0.0356 e. The number of rotatable bonds is 8. The first-order chi connectivity index (χ1) is 16.8. The third-order valence-corrected chi connectivity index (χ3v) is 10.9. The molecule has 0 aliphatic heterocycles. The molecule has 0 amide bonds. The average molecular weight is 517 g/mol. The van der Waals surface area contributed by atoms with E-state index in [1.54, 1.807) is 11.1 Å². The van der Waals surface area contributed by atoms with Gasteiger partial charge in [-0.1, -0.05) is 26.7 Å². The molecule has 6 rings (SSSR count). The normalized spacial score (nSPS) is 13.0. The van der Waals surface area contributed by atoms with Crippen LogP contribution in [0, 0.1) is 0 Å². The van der Waals surface area contributed by atoms with Gasteiger partial charge in [0.15, 0.2) is 0 Å². The van der Waals surface area contributed by atoms with Crippen molar-refractivity contribution in [2.75, 3.05) is 0 Å². The first kappa shape index (κ1) is 22.5. The Bertz CT molecular complexity index is 1510. The number of unbranched alkanes of at least 4 members (excludes halogenated alkanes) is 2. The molecule has 0 aliphatic carbocycles. The van der Waals surface area contributed by atoms with E-state index in [-0.39, 0.29) is 0 Å². The third-order valence-electron chi connectivity index (χ3n) is 6.78. The van der Waals surface area contributed by atoms with Gasteiger partial charge in [-0.2, -0.15) is 0 Å². The fourth-order valence-corrected chi connectivity index (χ4v) is 8.94. The van der Waals surface area contributed by atoms with Gasteiger partial charge < -0.3 is 0 Å². The summed E-state index contributed by atoms with van der Waals surface area (Å²) in [6.45, 7) is 4.63. The van der Waals surface area contributed by atoms with Crippen LogP contribution in [-0.2, 0) is 0 Å². The molecular weight excluding hydrogens is 489 g/mol. The van der Waals surface area contributed by atoms with Gasteiger partial charge in [0.25, 0.3) is 0 Å². The number of benzene rings is 2. The van der Waals surface area contributed by atoms with Gasteiger partial charge in [-0.3, -0.25) is 0 Å². The Morgan fingerprint density at radius 1 is 0.559 bits per heavy atom. The first-order valence-corrected chi connectivity index (χ1v) is 15.7. The largest absolute Gasteiger partial charge is 0.144 e. The lowest BCUT2D eigenvalue weighted by Gasteiger charge is -2.14. The highest BCUT2D eigenvalue weighted by molar-refractivity contribution is 7.22. The lowest BCUT2D eigenvalue weighted by Crippen LogP contribution is -1.91. The summed E-state index contributed by atoms with van der Waals surface area (Å²) >= 11 is 7.68. The van der Waals surface area contributed by atoms with Crippen molar-refractivity contribution in [3.63, 3.8) is 0 Å². The van der Waals surface area contributed by atoms with Crippen LogP contribution >= 0.6 is 45.3 Å². The van der Waals surface area contributed by atoms with Crippen LogP contribution in [-0.4, -0.2) is 0 Å². The summed E-state index contributed by atoms with van der Waals surface area (Å²) in [4.78, 5) is 2.96. The molecule has 172 valence electrons. The van der Waals surface area contributed by atoms with Crippen molar-refractivity contribution in [2.45, 2.75) is 52.4 Å². The summed E-state index contributed by atoms with van der Waals surface area (Å²) in [5.74, 6) is 0. The van der Waals surface area contributed by atoms with Gasteiger partial charge in [0.1, 0.15) is 0 Å². The highest BCUT2D eigenvalue weighted by Crippen LogP contribution is 2.45. The monoisotopic (exact) mass is 516 g/mol. The molecular formula is C30H28S4. The van der Waals surface area contributed by atoms with E-state index in [0.29, 0.717) is 0 Å². The number of hydrogen-bond donors (Lipinski definition) is 0. The van der Waals surface area contributed by atoms with E-state index in [1.165, 1.54) is 75.8 Å². The molecule has 0 saturated carbocycles. The number of hydrogen-bond acceptors (Lipinski definition) is 4. The maximum absolute atomic E-state index is 2.50. The van der Waals surface area contributed by atoms with E-state index in [0.717, 1.165) is 12.8 Å². The molecule has 0 bridgehead atoms. The quantitative estimate of drug-likeness (QED) is 0.189. The van der Waals surface area contributed by atoms with Crippen molar-refractivity contribution in [1.82, 2.24) is 0 Å². The Morgan fingerprint density at radius 2 is 1.00 bits per heavy atom. The second-order valence-electron chi connectivity index (χ2n) is 9.01. The standard InChI is InChI=1S/C30H28S4/c1-3-5-7-19(29-17-23-21-13-15-31-25(21)9-11-27(23)33-29)20(8-6-4-2)30-18-24-22-14-16-32-26(22)10-12-28(24)34-30/h9-18H,3-8H2,1-2H3/b20-19+. The lowest BCUT2D eigenvalue weighted by atomic mass is 9.95. The Kier molecular flexibility index (Phi) is 6.33. The summed E-state index contributed by atoms with van der Waals surface area (Å²) in [6.07, 6.45) is 7.27. The van der Waals surface area contributed by atoms with Gasteiger partial charge >= 0.3 is 0 Å². The van der Waals surface area contributed by atoms with E-state index < -0.39 is 0 Å². The van der Waals surface area contributed by atoms with Crippen molar-refractivity contribution < 1.29 is 0 Å². The van der Waals surface area contributed by atoms with Gasteiger partial charge in [0.2, 0.25) is 0 Å². The number of allylic oxidation sites excluding steroid dienone is 2. The Hall–Kier alpha value is -1.98. The fourth-order valence-electron chi connectivity index (χ4n) is 4.98. The Balaban J connectivity index is 1.57. The SMILES string of the molecule is CCCC/C(=C(/CCCC)c1cc2c(ccc3sccc32)s1)c1cc2c(ccc3sccc32)s1. The van der Waals surface area contributed by atoms with E-state index in [9.17, 15) is 0 Å². The van der Waals surface area contributed by atoms with Crippen LogP contribution in [0.5, 0.6) is 0 Å². The van der Waals surface area contributed by atoms with Crippen molar-refractivity contribution in [1.29, 1.82) is 0 Å². The summed E-state index contributed by atoms with van der Waals surface area (Å²) in [6, 6.07) is 18.8. The maximum atomic E-state index is 2.50. The summed E-state index contributed by atoms with van der Waals surface area (Å²) in [7, 11) is 0. The molecule has 0 unspecified atom stereocenters.